The number of aliphatic hydroxyl groups excluding tert-OH is 1. The van der Waals surface area contributed by atoms with E-state index in [4.69, 9.17) is 15.6 Å². The van der Waals surface area contributed by atoms with Crippen molar-refractivity contribution in [2.75, 3.05) is 32.0 Å². The van der Waals surface area contributed by atoms with Gasteiger partial charge in [0.05, 0.1) is 12.3 Å². The molecule has 0 aliphatic carbocycles. The Balaban J connectivity index is 2.36. The lowest BCUT2D eigenvalue weighted by Crippen LogP contribution is -2.19. The van der Waals surface area contributed by atoms with E-state index in [1.807, 2.05) is 12.1 Å². The highest BCUT2D eigenvalue weighted by Gasteiger charge is 2.01. The first-order valence-corrected chi connectivity index (χ1v) is 6.60. The number of ether oxygens (including phenoxy) is 1. The van der Waals surface area contributed by atoms with E-state index in [-0.39, 0.29) is 6.61 Å². The van der Waals surface area contributed by atoms with E-state index in [2.05, 4.69) is 18.3 Å². The Labute approximate surface area is 109 Å². The van der Waals surface area contributed by atoms with Gasteiger partial charge < -0.3 is 20.9 Å². The monoisotopic (exact) mass is 252 g/mol. The van der Waals surface area contributed by atoms with Crippen LogP contribution in [0.15, 0.2) is 18.2 Å². The molecule has 0 atom stereocenters. The minimum atomic E-state index is 0.239. The fraction of sp³-hybridized carbons (Fsp3) is 0.571. The zero-order valence-corrected chi connectivity index (χ0v) is 11.1. The zero-order valence-electron chi connectivity index (χ0n) is 11.1. The highest BCUT2D eigenvalue weighted by molar-refractivity contribution is 5.54. The molecule has 0 heterocycles. The van der Waals surface area contributed by atoms with Gasteiger partial charge in [-0.25, -0.2) is 0 Å². The number of benzene rings is 1. The van der Waals surface area contributed by atoms with E-state index in [0.717, 1.165) is 38.1 Å². The van der Waals surface area contributed by atoms with Gasteiger partial charge in [0, 0.05) is 6.61 Å². The topological polar surface area (TPSA) is 67.5 Å². The van der Waals surface area contributed by atoms with Crippen LogP contribution in [0.4, 0.5) is 5.69 Å². The summed E-state index contributed by atoms with van der Waals surface area (Å²) in [6.07, 6.45) is 2.71. The van der Waals surface area contributed by atoms with Crippen LogP contribution >= 0.6 is 0 Å². The van der Waals surface area contributed by atoms with Crippen LogP contribution in [0.5, 0.6) is 5.75 Å². The van der Waals surface area contributed by atoms with Crippen molar-refractivity contribution in [1.82, 2.24) is 5.32 Å². The van der Waals surface area contributed by atoms with E-state index in [1.165, 1.54) is 5.56 Å². The Morgan fingerprint density at radius 1 is 1.33 bits per heavy atom. The van der Waals surface area contributed by atoms with Crippen molar-refractivity contribution in [2.45, 2.75) is 26.2 Å². The molecule has 4 heteroatoms. The van der Waals surface area contributed by atoms with Crippen LogP contribution in [0.1, 0.15) is 25.3 Å². The number of aliphatic hydroxyl groups is 1. The van der Waals surface area contributed by atoms with Crippen LogP contribution in [-0.2, 0) is 6.42 Å². The average molecular weight is 252 g/mol. The molecule has 0 saturated carbocycles. The maximum absolute atomic E-state index is 8.65. The third-order valence-electron chi connectivity index (χ3n) is 2.64. The number of nitrogens with two attached hydrogens (primary N) is 1. The Morgan fingerprint density at radius 2 is 2.17 bits per heavy atom. The lowest BCUT2D eigenvalue weighted by molar-refractivity contribution is 0.286. The van der Waals surface area contributed by atoms with Gasteiger partial charge in [0.1, 0.15) is 5.75 Å². The summed E-state index contributed by atoms with van der Waals surface area (Å²) in [5.74, 6) is 0.772. The number of nitrogen functional groups attached to an aromatic ring is 1. The molecule has 0 fully saturated rings. The zero-order chi connectivity index (χ0) is 13.2. The summed E-state index contributed by atoms with van der Waals surface area (Å²) >= 11 is 0. The molecule has 0 amide bonds. The first kappa shape index (κ1) is 14.8. The van der Waals surface area contributed by atoms with Gasteiger partial charge in [0.15, 0.2) is 0 Å². The lowest BCUT2D eigenvalue weighted by Gasteiger charge is -2.10. The molecule has 0 aliphatic rings. The number of hydrogen-bond donors (Lipinski definition) is 3. The van der Waals surface area contributed by atoms with E-state index >= 15 is 0 Å². The third kappa shape index (κ3) is 5.38. The maximum atomic E-state index is 8.65. The van der Waals surface area contributed by atoms with Crippen LogP contribution in [0.2, 0.25) is 0 Å². The molecule has 18 heavy (non-hydrogen) atoms. The molecular weight excluding hydrogens is 228 g/mol. The molecule has 1 rings (SSSR count). The molecule has 0 bridgehead atoms. The Bertz CT molecular complexity index is 343. The highest BCUT2D eigenvalue weighted by Crippen LogP contribution is 2.22. The molecular formula is C14H24N2O2. The Morgan fingerprint density at radius 3 is 2.83 bits per heavy atom. The first-order chi connectivity index (χ1) is 8.77. The molecule has 1 aromatic carbocycles. The van der Waals surface area contributed by atoms with Crippen LogP contribution in [0.3, 0.4) is 0 Å². The fourth-order valence-electron chi connectivity index (χ4n) is 1.66. The van der Waals surface area contributed by atoms with Gasteiger partial charge in [-0.3, -0.25) is 0 Å². The van der Waals surface area contributed by atoms with Gasteiger partial charge in [-0.2, -0.15) is 0 Å². The van der Waals surface area contributed by atoms with Crippen molar-refractivity contribution in [2.24, 2.45) is 0 Å². The van der Waals surface area contributed by atoms with Crippen LogP contribution in [0, 0.1) is 0 Å². The second-order valence-corrected chi connectivity index (χ2v) is 4.30. The van der Waals surface area contributed by atoms with Crippen molar-refractivity contribution in [1.29, 1.82) is 0 Å². The minimum Gasteiger partial charge on any atom is -0.491 e. The number of rotatable bonds is 9. The molecule has 0 spiro atoms. The minimum absolute atomic E-state index is 0.239. The average Bonchev–Trinajstić information content (AvgIpc) is 2.37. The number of hydrogen-bond acceptors (Lipinski definition) is 4. The van der Waals surface area contributed by atoms with Crippen molar-refractivity contribution < 1.29 is 9.84 Å². The maximum Gasteiger partial charge on any atom is 0.142 e. The fourth-order valence-corrected chi connectivity index (χ4v) is 1.66. The van der Waals surface area contributed by atoms with Crippen molar-refractivity contribution in [3.05, 3.63) is 23.8 Å². The third-order valence-corrected chi connectivity index (χ3v) is 2.64. The van der Waals surface area contributed by atoms with Gasteiger partial charge in [-0.15, -0.1) is 0 Å². The van der Waals surface area contributed by atoms with Crippen LogP contribution in [-0.4, -0.2) is 31.4 Å². The van der Waals surface area contributed by atoms with Crippen molar-refractivity contribution >= 4 is 5.69 Å². The summed E-state index contributed by atoms with van der Waals surface area (Å²) < 4.78 is 5.53. The van der Waals surface area contributed by atoms with Gasteiger partial charge >= 0.3 is 0 Å². The number of anilines is 1. The smallest absolute Gasteiger partial charge is 0.142 e. The molecule has 0 saturated heterocycles. The van der Waals surface area contributed by atoms with Gasteiger partial charge in [0.2, 0.25) is 0 Å². The molecule has 0 radical (unpaired) electrons. The van der Waals surface area contributed by atoms with Gasteiger partial charge in [-0.05, 0) is 50.0 Å². The highest BCUT2D eigenvalue weighted by atomic mass is 16.5. The predicted molar refractivity (Wildman–Crippen MR) is 74.9 cm³/mol. The summed E-state index contributed by atoms with van der Waals surface area (Å²) in [7, 11) is 0. The van der Waals surface area contributed by atoms with Gasteiger partial charge in [0.25, 0.3) is 0 Å². The SMILES string of the molecule is CCCOc1ccc(CCNCCCO)cc1N. The quantitative estimate of drug-likeness (QED) is 0.461. The Hall–Kier alpha value is -1.26. The van der Waals surface area contributed by atoms with E-state index < -0.39 is 0 Å². The van der Waals surface area contributed by atoms with Crippen LogP contribution < -0.4 is 15.8 Å². The standard InChI is InChI=1S/C14H24N2O2/c1-2-10-18-14-5-4-12(11-13(14)15)6-8-16-7-3-9-17/h4-5,11,16-17H,2-3,6-10,15H2,1H3. The summed E-state index contributed by atoms with van der Waals surface area (Å²) in [6, 6.07) is 5.96. The van der Waals surface area contributed by atoms with E-state index in [9.17, 15) is 0 Å². The van der Waals surface area contributed by atoms with Crippen molar-refractivity contribution in [3.8, 4) is 5.75 Å². The molecule has 1 aromatic rings. The first-order valence-electron chi connectivity index (χ1n) is 6.60. The molecule has 0 unspecified atom stereocenters. The number of nitrogens with one attached hydrogen (secondary N) is 1. The van der Waals surface area contributed by atoms with Crippen molar-refractivity contribution in [3.63, 3.8) is 0 Å². The molecule has 0 aromatic heterocycles. The van der Waals surface area contributed by atoms with E-state index in [0.29, 0.717) is 12.3 Å². The summed E-state index contributed by atoms with van der Waals surface area (Å²) in [6.45, 7) is 4.76. The second-order valence-electron chi connectivity index (χ2n) is 4.30. The molecule has 4 N–H and O–H groups in total. The van der Waals surface area contributed by atoms with Gasteiger partial charge in [-0.1, -0.05) is 13.0 Å². The molecule has 102 valence electrons. The molecule has 4 nitrogen and oxygen atoms in total. The summed E-state index contributed by atoms with van der Waals surface area (Å²) in [4.78, 5) is 0. The normalized spacial score (nSPS) is 10.6. The Kier molecular flexibility index (Phi) is 7.22. The van der Waals surface area contributed by atoms with Crippen LogP contribution in [0.25, 0.3) is 0 Å². The summed E-state index contributed by atoms with van der Waals surface area (Å²) in [5, 5.41) is 11.9. The largest absolute Gasteiger partial charge is 0.491 e. The molecule has 0 aliphatic heterocycles. The second kappa shape index (κ2) is 8.78. The van der Waals surface area contributed by atoms with E-state index in [1.54, 1.807) is 0 Å². The predicted octanol–water partition coefficient (Wildman–Crippen LogP) is 1.57. The lowest BCUT2D eigenvalue weighted by atomic mass is 10.1. The summed E-state index contributed by atoms with van der Waals surface area (Å²) in [5.41, 5.74) is 7.84.